The molecule has 1 aliphatic carbocycles. The van der Waals surface area contributed by atoms with E-state index in [1.165, 1.54) is 58.4 Å². The normalized spacial score (nSPS) is 33.3. The SMILES string of the molecule is CCCNC1CCC(C(C)(C)C)CC1N1CCN(C)CC1. The number of nitrogens with zero attached hydrogens (tertiary/aromatic N) is 2. The van der Waals surface area contributed by atoms with Crippen molar-refractivity contribution in [1.82, 2.24) is 15.1 Å². The van der Waals surface area contributed by atoms with Gasteiger partial charge in [-0.25, -0.2) is 0 Å². The minimum Gasteiger partial charge on any atom is -0.312 e. The molecule has 3 unspecified atom stereocenters. The van der Waals surface area contributed by atoms with E-state index in [1.54, 1.807) is 0 Å². The summed E-state index contributed by atoms with van der Waals surface area (Å²) in [5.41, 5.74) is 0.459. The molecule has 124 valence electrons. The Morgan fingerprint density at radius 2 is 1.71 bits per heavy atom. The van der Waals surface area contributed by atoms with Gasteiger partial charge in [0.15, 0.2) is 0 Å². The van der Waals surface area contributed by atoms with Crippen molar-refractivity contribution in [2.24, 2.45) is 11.3 Å². The molecular weight excluding hydrogens is 258 g/mol. The Kier molecular flexibility index (Phi) is 6.10. The van der Waals surface area contributed by atoms with Gasteiger partial charge < -0.3 is 10.2 Å². The van der Waals surface area contributed by atoms with Gasteiger partial charge in [0.2, 0.25) is 0 Å². The van der Waals surface area contributed by atoms with Gasteiger partial charge in [-0.2, -0.15) is 0 Å². The fourth-order valence-corrected chi connectivity index (χ4v) is 4.06. The van der Waals surface area contributed by atoms with E-state index < -0.39 is 0 Å². The van der Waals surface area contributed by atoms with Crippen LogP contribution < -0.4 is 5.32 Å². The van der Waals surface area contributed by atoms with Crippen molar-refractivity contribution in [2.45, 2.75) is 65.5 Å². The Morgan fingerprint density at radius 1 is 1.05 bits per heavy atom. The predicted molar refractivity (Wildman–Crippen MR) is 91.7 cm³/mol. The minimum absolute atomic E-state index is 0.459. The highest BCUT2D eigenvalue weighted by Crippen LogP contribution is 2.39. The monoisotopic (exact) mass is 295 g/mol. The van der Waals surface area contributed by atoms with Crippen molar-refractivity contribution >= 4 is 0 Å². The zero-order valence-corrected chi connectivity index (χ0v) is 15.0. The Hall–Kier alpha value is -0.120. The van der Waals surface area contributed by atoms with Gasteiger partial charge in [-0.15, -0.1) is 0 Å². The van der Waals surface area contributed by atoms with Crippen molar-refractivity contribution in [1.29, 1.82) is 0 Å². The molecule has 3 nitrogen and oxygen atoms in total. The van der Waals surface area contributed by atoms with Crippen LogP contribution in [-0.2, 0) is 0 Å². The molecule has 2 aliphatic rings. The van der Waals surface area contributed by atoms with Crippen LogP contribution in [0.4, 0.5) is 0 Å². The lowest BCUT2D eigenvalue weighted by Crippen LogP contribution is -2.58. The number of piperazine rings is 1. The second-order valence-electron chi connectivity index (χ2n) is 8.34. The molecule has 3 atom stereocenters. The molecule has 21 heavy (non-hydrogen) atoms. The van der Waals surface area contributed by atoms with Crippen LogP contribution in [0.15, 0.2) is 0 Å². The third-order valence-corrected chi connectivity index (χ3v) is 5.70. The molecule has 3 heteroatoms. The van der Waals surface area contributed by atoms with Crippen molar-refractivity contribution < 1.29 is 0 Å². The number of rotatable bonds is 4. The lowest BCUT2D eigenvalue weighted by Gasteiger charge is -2.48. The smallest absolute Gasteiger partial charge is 0.0253 e. The summed E-state index contributed by atoms with van der Waals surface area (Å²) in [4.78, 5) is 5.25. The van der Waals surface area contributed by atoms with Crippen LogP contribution in [0.2, 0.25) is 0 Å². The van der Waals surface area contributed by atoms with Gasteiger partial charge in [0, 0.05) is 38.3 Å². The van der Waals surface area contributed by atoms with Crippen molar-refractivity contribution in [3.8, 4) is 0 Å². The molecule has 0 radical (unpaired) electrons. The summed E-state index contributed by atoms with van der Waals surface area (Å²) in [5, 5.41) is 3.85. The van der Waals surface area contributed by atoms with E-state index in [4.69, 9.17) is 0 Å². The number of nitrogens with one attached hydrogen (secondary N) is 1. The third kappa shape index (κ3) is 4.67. The van der Waals surface area contributed by atoms with Gasteiger partial charge in [0.1, 0.15) is 0 Å². The molecule has 1 heterocycles. The van der Waals surface area contributed by atoms with Gasteiger partial charge in [-0.1, -0.05) is 27.7 Å². The van der Waals surface area contributed by atoms with Gasteiger partial charge in [-0.05, 0) is 50.6 Å². The standard InChI is InChI=1S/C18H37N3/c1-6-9-19-16-8-7-15(18(2,3)4)14-17(16)21-12-10-20(5)11-13-21/h15-17,19H,6-14H2,1-5H3. The van der Waals surface area contributed by atoms with Crippen molar-refractivity contribution in [2.75, 3.05) is 39.8 Å². The summed E-state index contributed by atoms with van der Waals surface area (Å²) in [6.07, 6.45) is 5.39. The lowest BCUT2D eigenvalue weighted by atomic mass is 9.69. The van der Waals surface area contributed by atoms with Gasteiger partial charge in [0.05, 0.1) is 0 Å². The first-order valence-electron chi connectivity index (χ1n) is 9.07. The van der Waals surface area contributed by atoms with Gasteiger partial charge in [0.25, 0.3) is 0 Å². The second kappa shape index (κ2) is 7.43. The van der Waals surface area contributed by atoms with Crippen LogP contribution in [0.3, 0.4) is 0 Å². The first-order valence-corrected chi connectivity index (χ1v) is 9.07. The molecule has 0 bridgehead atoms. The molecule has 1 saturated heterocycles. The van der Waals surface area contributed by atoms with Crippen molar-refractivity contribution in [3.05, 3.63) is 0 Å². The van der Waals surface area contributed by atoms with E-state index in [-0.39, 0.29) is 0 Å². The van der Waals surface area contributed by atoms with E-state index in [0.29, 0.717) is 11.5 Å². The first kappa shape index (κ1) is 17.2. The number of hydrogen-bond acceptors (Lipinski definition) is 3. The Bertz CT molecular complexity index is 297. The lowest BCUT2D eigenvalue weighted by molar-refractivity contribution is 0.0319. The second-order valence-corrected chi connectivity index (χ2v) is 8.34. The quantitative estimate of drug-likeness (QED) is 0.860. The molecule has 0 spiro atoms. The van der Waals surface area contributed by atoms with Crippen LogP contribution in [0.1, 0.15) is 53.4 Å². The fraction of sp³-hybridized carbons (Fsp3) is 1.00. The zero-order chi connectivity index (χ0) is 15.5. The van der Waals surface area contributed by atoms with Gasteiger partial charge in [-0.3, -0.25) is 4.90 Å². The first-order chi connectivity index (χ1) is 9.91. The summed E-state index contributed by atoms with van der Waals surface area (Å²) < 4.78 is 0. The fourth-order valence-electron chi connectivity index (χ4n) is 4.06. The summed E-state index contributed by atoms with van der Waals surface area (Å²) in [5.74, 6) is 0.877. The minimum atomic E-state index is 0.459. The maximum absolute atomic E-state index is 3.85. The Labute approximate surface area is 132 Å². The molecule has 0 aromatic carbocycles. The number of likely N-dealkylation sites (N-methyl/N-ethyl adjacent to an activating group) is 1. The van der Waals surface area contributed by atoms with Crippen LogP contribution in [-0.4, -0.2) is 61.7 Å². The molecular formula is C18H37N3. The molecule has 1 N–H and O–H groups in total. The largest absolute Gasteiger partial charge is 0.312 e. The average molecular weight is 296 g/mol. The molecule has 2 fully saturated rings. The third-order valence-electron chi connectivity index (χ3n) is 5.70. The zero-order valence-electron chi connectivity index (χ0n) is 15.0. The molecule has 2 rings (SSSR count). The molecule has 0 aromatic heterocycles. The highest BCUT2D eigenvalue weighted by molar-refractivity contribution is 4.95. The molecule has 0 aromatic rings. The Balaban J connectivity index is 2.01. The molecule has 1 saturated carbocycles. The van der Waals surface area contributed by atoms with E-state index in [1.807, 2.05) is 0 Å². The highest BCUT2D eigenvalue weighted by atomic mass is 15.3. The van der Waals surface area contributed by atoms with Crippen LogP contribution >= 0.6 is 0 Å². The van der Waals surface area contributed by atoms with E-state index >= 15 is 0 Å². The maximum Gasteiger partial charge on any atom is 0.0253 e. The van der Waals surface area contributed by atoms with Crippen molar-refractivity contribution in [3.63, 3.8) is 0 Å². The molecule has 0 amide bonds. The topological polar surface area (TPSA) is 18.5 Å². The summed E-state index contributed by atoms with van der Waals surface area (Å²) in [6, 6.07) is 1.47. The maximum atomic E-state index is 3.85. The summed E-state index contributed by atoms with van der Waals surface area (Å²) >= 11 is 0. The van der Waals surface area contributed by atoms with Gasteiger partial charge >= 0.3 is 0 Å². The predicted octanol–water partition coefficient (Wildman–Crippen LogP) is 2.82. The highest BCUT2D eigenvalue weighted by Gasteiger charge is 2.38. The number of hydrogen-bond donors (Lipinski definition) is 1. The average Bonchev–Trinajstić information content (AvgIpc) is 2.45. The van der Waals surface area contributed by atoms with E-state index in [9.17, 15) is 0 Å². The van der Waals surface area contributed by atoms with Crippen LogP contribution in [0, 0.1) is 11.3 Å². The van der Waals surface area contributed by atoms with E-state index in [2.05, 4.69) is 49.9 Å². The summed E-state index contributed by atoms with van der Waals surface area (Å²) in [7, 11) is 2.25. The van der Waals surface area contributed by atoms with E-state index in [0.717, 1.165) is 12.0 Å². The van der Waals surface area contributed by atoms with Crippen LogP contribution in [0.25, 0.3) is 0 Å². The summed E-state index contributed by atoms with van der Waals surface area (Å²) in [6.45, 7) is 15.7. The molecule has 1 aliphatic heterocycles. The Morgan fingerprint density at radius 3 is 2.29 bits per heavy atom. The van der Waals surface area contributed by atoms with Crippen LogP contribution in [0.5, 0.6) is 0 Å².